The number of nitrogens with zero attached hydrogens (tertiary/aromatic N) is 3. The van der Waals surface area contributed by atoms with Crippen LogP contribution in [0.25, 0.3) is 15.9 Å². The fourth-order valence-electron chi connectivity index (χ4n) is 4.33. The van der Waals surface area contributed by atoms with E-state index in [-0.39, 0.29) is 17.4 Å². The summed E-state index contributed by atoms with van der Waals surface area (Å²) in [5.74, 6) is 0.302. The number of amides is 1. The Hall–Kier alpha value is -3.16. The lowest BCUT2D eigenvalue weighted by Crippen LogP contribution is -2.43. The molecule has 0 aliphatic carbocycles. The average Bonchev–Trinajstić information content (AvgIpc) is 3.31. The molecule has 5 rings (SSSR count). The number of carbonyl (C=O) groups is 1. The number of benzene rings is 2. The highest BCUT2D eigenvalue weighted by Gasteiger charge is 2.29. The Kier molecular flexibility index (Phi) is 6.15. The summed E-state index contributed by atoms with van der Waals surface area (Å²) in [5.41, 5.74) is 4.15. The Balaban J connectivity index is 1.47. The van der Waals surface area contributed by atoms with E-state index in [1.54, 1.807) is 10.6 Å². The van der Waals surface area contributed by atoms with Gasteiger partial charge in [-0.1, -0.05) is 35.4 Å². The van der Waals surface area contributed by atoms with E-state index in [4.69, 9.17) is 16.6 Å². The molecule has 34 heavy (non-hydrogen) atoms. The summed E-state index contributed by atoms with van der Waals surface area (Å²) in [5, 5.41) is 5.52. The second-order valence-corrected chi connectivity index (χ2v) is 10.1. The van der Waals surface area contributed by atoms with E-state index >= 15 is 0 Å². The van der Waals surface area contributed by atoms with E-state index in [1.807, 2.05) is 61.7 Å². The molecule has 0 saturated carbocycles. The van der Waals surface area contributed by atoms with Crippen LogP contribution in [-0.4, -0.2) is 28.5 Å². The number of anilines is 2. The predicted molar refractivity (Wildman–Crippen MR) is 140 cm³/mol. The highest BCUT2D eigenvalue weighted by molar-refractivity contribution is 7.17. The van der Waals surface area contributed by atoms with Crippen molar-refractivity contribution in [2.75, 3.05) is 23.3 Å². The lowest BCUT2D eigenvalue weighted by Gasteiger charge is -2.34. The summed E-state index contributed by atoms with van der Waals surface area (Å²) in [6.45, 7) is 5.16. The van der Waals surface area contributed by atoms with Crippen molar-refractivity contribution >= 4 is 50.7 Å². The zero-order valence-electron chi connectivity index (χ0n) is 19.0. The van der Waals surface area contributed by atoms with Crippen molar-refractivity contribution in [3.63, 3.8) is 0 Å². The molecule has 4 aromatic rings. The Morgan fingerprint density at radius 1 is 1.15 bits per heavy atom. The van der Waals surface area contributed by atoms with Crippen molar-refractivity contribution < 1.29 is 4.79 Å². The first-order chi connectivity index (χ1) is 16.4. The minimum atomic E-state index is -0.227. The van der Waals surface area contributed by atoms with E-state index < -0.39 is 0 Å². The molecule has 1 aliphatic rings. The monoisotopic (exact) mass is 492 g/mol. The van der Waals surface area contributed by atoms with Crippen LogP contribution in [0.1, 0.15) is 24.0 Å². The van der Waals surface area contributed by atoms with Gasteiger partial charge in [0.2, 0.25) is 11.9 Å². The van der Waals surface area contributed by atoms with E-state index in [0.29, 0.717) is 33.4 Å². The van der Waals surface area contributed by atoms with E-state index in [2.05, 4.69) is 10.2 Å². The van der Waals surface area contributed by atoms with E-state index in [9.17, 15) is 9.59 Å². The second kappa shape index (κ2) is 9.24. The van der Waals surface area contributed by atoms with Gasteiger partial charge >= 0.3 is 0 Å². The first-order valence-electron chi connectivity index (χ1n) is 11.3. The highest BCUT2D eigenvalue weighted by Crippen LogP contribution is 2.28. The number of rotatable bonds is 4. The van der Waals surface area contributed by atoms with Crippen molar-refractivity contribution in [3.8, 4) is 5.69 Å². The fourth-order valence-corrected chi connectivity index (χ4v) is 5.27. The van der Waals surface area contributed by atoms with Gasteiger partial charge in [-0.3, -0.25) is 9.59 Å². The first kappa shape index (κ1) is 22.6. The largest absolute Gasteiger partial charge is 0.341 e. The second-order valence-electron chi connectivity index (χ2n) is 8.76. The van der Waals surface area contributed by atoms with Crippen LogP contribution in [0.2, 0.25) is 5.02 Å². The molecule has 3 heterocycles. The Morgan fingerprint density at radius 3 is 2.71 bits per heavy atom. The normalized spacial score (nSPS) is 16.1. The number of aryl methyl sites for hydroxylation is 2. The van der Waals surface area contributed by atoms with Crippen LogP contribution in [0.5, 0.6) is 0 Å². The molecule has 8 heteroatoms. The Labute approximate surface area is 206 Å². The minimum Gasteiger partial charge on any atom is -0.341 e. The summed E-state index contributed by atoms with van der Waals surface area (Å²) in [7, 11) is 0. The molecular formula is C26H25ClN4O2S. The van der Waals surface area contributed by atoms with E-state index in [0.717, 1.165) is 36.2 Å². The molecular weight excluding hydrogens is 468 g/mol. The molecule has 0 bridgehead atoms. The third-order valence-electron chi connectivity index (χ3n) is 6.27. The van der Waals surface area contributed by atoms with Crippen molar-refractivity contribution in [2.24, 2.45) is 5.92 Å². The summed E-state index contributed by atoms with van der Waals surface area (Å²) < 4.78 is 2.31. The number of piperidine rings is 1. The molecule has 1 amide bonds. The number of thiophene rings is 1. The van der Waals surface area contributed by atoms with Gasteiger partial charge in [0, 0.05) is 23.8 Å². The summed E-state index contributed by atoms with van der Waals surface area (Å²) >= 11 is 7.63. The van der Waals surface area contributed by atoms with Gasteiger partial charge in [-0.05, 0) is 68.0 Å². The van der Waals surface area contributed by atoms with Gasteiger partial charge in [0.15, 0.2) is 0 Å². The topological polar surface area (TPSA) is 67.2 Å². The Morgan fingerprint density at radius 2 is 1.94 bits per heavy atom. The molecule has 174 valence electrons. The molecule has 0 radical (unpaired) electrons. The van der Waals surface area contributed by atoms with Crippen LogP contribution in [-0.2, 0) is 4.79 Å². The number of carbonyl (C=O) groups excluding carboxylic acids is 1. The molecule has 0 spiro atoms. The van der Waals surface area contributed by atoms with Gasteiger partial charge in [-0.15, -0.1) is 11.3 Å². The van der Waals surface area contributed by atoms with Crippen LogP contribution in [0.3, 0.4) is 0 Å². The molecule has 1 atom stereocenters. The van der Waals surface area contributed by atoms with Crippen molar-refractivity contribution in [1.82, 2.24) is 9.55 Å². The smallest absolute Gasteiger partial charge is 0.277 e. The Bertz CT molecular complexity index is 1430. The maximum atomic E-state index is 13.5. The van der Waals surface area contributed by atoms with Crippen molar-refractivity contribution in [1.29, 1.82) is 0 Å². The van der Waals surface area contributed by atoms with Crippen LogP contribution >= 0.6 is 22.9 Å². The highest BCUT2D eigenvalue weighted by atomic mass is 35.5. The van der Waals surface area contributed by atoms with Crippen LogP contribution in [0.4, 0.5) is 11.6 Å². The van der Waals surface area contributed by atoms with Crippen LogP contribution < -0.4 is 15.8 Å². The zero-order valence-corrected chi connectivity index (χ0v) is 20.6. The molecule has 1 aliphatic heterocycles. The number of nitrogens with one attached hydrogen (secondary N) is 1. The first-order valence-corrected chi connectivity index (χ1v) is 12.6. The van der Waals surface area contributed by atoms with Gasteiger partial charge in [0.25, 0.3) is 5.56 Å². The van der Waals surface area contributed by atoms with Gasteiger partial charge in [-0.2, -0.15) is 0 Å². The van der Waals surface area contributed by atoms with Crippen molar-refractivity contribution in [2.45, 2.75) is 26.7 Å². The van der Waals surface area contributed by atoms with Crippen molar-refractivity contribution in [3.05, 3.63) is 80.4 Å². The molecule has 2 aromatic carbocycles. The van der Waals surface area contributed by atoms with Gasteiger partial charge in [0.05, 0.1) is 17.1 Å². The maximum Gasteiger partial charge on any atom is 0.277 e. The van der Waals surface area contributed by atoms with Crippen LogP contribution in [0, 0.1) is 19.8 Å². The molecule has 0 unspecified atom stereocenters. The molecule has 2 aromatic heterocycles. The lowest BCUT2D eigenvalue weighted by atomic mass is 9.97. The zero-order chi connectivity index (χ0) is 23.8. The number of hydrogen-bond acceptors (Lipinski definition) is 5. The third-order valence-corrected chi connectivity index (χ3v) is 7.57. The number of halogens is 1. The number of fused-ring (bicyclic) bond motifs is 1. The van der Waals surface area contributed by atoms with Gasteiger partial charge in [-0.25, -0.2) is 9.55 Å². The summed E-state index contributed by atoms with van der Waals surface area (Å²) in [6.07, 6.45) is 1.61. The molecule has 1 fully saturated rings. The standard InChI is InChI=1S/C26H25ClN4O2S/c1-16-5-9-20(10-6-16)31-25(33)23-22(11-13-34-23)29-26(31)30-12-3-4-18(15-30)24(32)28-19-8-7-17(2)21(27)14-19/h5-11,13-14,18H,3-4,12,15H2,1-2H3,(H,28,32)/t18-/m1/s1. The molecule has 1 saturated heterocycles. The average molecular weight is 493 g/mol. The summed E-state index contributed by atoms with van der Waals surface area (Å²) in [4.78, 5) is 33.5. The lowest BCUT2D eigenvalue weighted by molar-refractivity contribution is -0.120. The SMILES string of the molecule is Cc1ccc(-n2c(N3CCC[C@@H](C(=O)Nc4ccc(C)c(Cl)c4)C3)nc3ccsc3c2=O)cc1. The molecule has 6 nitrogen and oxygen atoms in total. The fraction of sp³-hybridized carbons (Fsp3) is 0.269. The number of hydrogen-bond donors (Lipinski definition) is 1. The summed E-state index contributed by atoms with van der Waals surface area (Å²) in [6, 6.07) is 15.3. The van der Waals surface area contributed by atoms with E-state index in [1.165, 1.54) is 11.3 Å². The quantitative estimate of drug-likeness (QED) is 0.404. The predicted octanol–water partition coefficient (Wildman–Crippen LogP) is 5.57. The molecule has 1 N–H and O–H groups in total. The van der Waals surface area contributed by atoms with Crippen LogP contribution in [0.15, 0.2) is 58.7 Å². The van der Waals surface area contributed by atoms with Gasteiger partial charge < -0.3 is 10.2 Å². The minimum absolute atomic E-state index is 0.0505. The maximum absolute atomic E-state index is 13.5. The van der Waals surface area contributed by atoms with Gasteiger partial charge in [0.1, 0.15) is 4.70 Å². The third kappa shape index (κ3) is 4.33. The number of aromatic nitrogens is 2.